The summed E-state index contributed by atoms with van der Waals surface area (Å²) in [6.45, 7) is 0. The molecule has 0 spiro atoms. The lowest BCUT2D eigenvalue weighted by Crippen LogP contribution is -2.39. The van der Waals surface area contributed by atoms with Crippen molar-refractivity contribution in [2.45, 2.75) is 18.7 Å². The Morgan fingerprint density at radius 1 is 1.14 bits per heavy atom. The van der Waals surface area contributed by atoms with Crippen molar-refractivity contribution in [3.05, 3.63) is 64.2 Å². The monoisotopic (exact) mass is 410 g/mol. The number of pyridine rings is 1. The summed E-state index contributed by atoms with van der Waals surface area (Å²) in [5.74, 6) is -1.36. The quantitative estimate of drug-likeness (QED) is 0.721. The van der Waals surface area contributed by atoms with Crippen LogP contribution in [0.3, 0.4) is 0 Å². The maximum absolute atomic E-state index is 13.0. The lowest BCUT2D eigenvalue weighted by Gasteiger charge is -2.34. The average molecular weight is 410 g/mol. The van der Waals surface area contributed by atoms with Crippen LogP contribution >= 0.6 is 0 Å². The predicted octanol–water partition coefficient (Wildman–Crippen LogP) is 3.28. The van der Waals surface area contributed by atoms with E-state index in [2.05, 4.69) is 4.98 Å². The van der Waals surface area contributed by atoms with Gasteiger partial charge < -0.3 is 4.74 Å². The number of ketones is 1. The molecule has 0 saturated carbocycles. The molecule has 3 heterocycles. The predicted molar refractivity (Wildman–Crippen MR) is 93.4 cm³/mol. The number of fused-ring (bicyclic) bond motifs is 2. The summed E-state index contributed by atoms with van der Waals surface area (Å²) in [6, 6.07) is 10.5. The zero-order chi connectivity index (χ0) is 20.3. The highest BCUT2D eigenvalue weighted by molar-refractivity contribution is 7.97. The molecule has 6 nitrogen and oxygen atoms in total. The second kappa shape index (κ2) is 6.06. The number of anilines is 1. The largest absolute Gasteiger partial charge is 0.483 e. The van der Waals surface area contributed by atoms with Gasteiger partial charge in [0, 0.05) is 7.05 Å². The van der Waals surface area contributed by atoms with Gasteiger partial charge >= 0.3 is 6.18 Å². The van der Waals surface area contributed by atoms with E-state index in [4.69, 9.17) is 4.74 Å². The molecule has 146 valence electrons. The van der Waals surface area contributed by atoms with Gasteiger partial charge in [0.1, 0.15) is 11.8 Å². The van der Waals surface area contributed by atoms with Gasteiger partial charge in [-0.1, -0.05) is 30.3 Å². The molecule has 28 heavy (non-hydrogen) atoms. The van der Waals surface area contributed by atoms with E-state index in [1.54, 1.807) is 30.3 Å². The molecular weight excluding hydrogens is 397 g/mol. The SMILES string of the molecule is CN1c2nc(C(F)(F)F)ccc2C2=C(C(=O)CC(c3ccccc3)O2)S1(=O)=O. The third kappa shape index (κ3) is 2.75. The highest BCUT2D eigenvalue weighted by atomic mass is 32.2. The first-order chi connectivity index (χ1) is 13.1. The molecule has 0 aliphatic carbocycles. The van der Waals surface area contributed by atoms with Crippen LogP contribution in [-0.2, 0) is 25.7 Å². The Hall–Kier alpha value is -2.88. The van der Waals surface area contributed by atoms with Gasteiger partial charge in [-0.15, -0.1) is 0 Å². The van der Waals surface area contributed by atoms with Gasteiger partial charge in [0.2, 0.25) is 0 Å². The van der Waals surface area contributed by atoms with Crippen LogP contribution in [-0.4, -0.2) is 26.2 Å². The van der Waals surface area contributed by atoms with E-state index in [1.165, 1.54) is 0 Å². The first kappa shape index (κ1) is 18.5. The molecule has 2 aliphatic rings. The van der Waals surface area contributed by atoms with Crippen LogP contribution < -0.4 is 4.31 Å². The van der Waals surface area contributed by atoms with Gasteiger partial charge in [0.15, 0.2) is 22.3 Å². The summed E-state index contributed by atoms with van der Waals surface area (Å²) >= 11 is 0. The van der Waals surface area contributed by atoms with Crippen LogP contribution in [0, 0.1) is 0 Å². The van der Waals surface area contributed by atoms with Crippen molar-refractivity contribution < 1.29 is 31.1 Å². The standard InChI is InChI=1S/C18H13F3N2O4S/c1-23-17-11(7-8-14(22-17)18(19,20)21)15-16(28(23,25)26)12(24)9-13(27-15)10-5-3-2-4-6-10/h2-8,13H,9H2,1H3. The molecule has 2 aliphatic heterocycles. The summed E-state index contributed by atoms with van der Waals surface area (Å²) in [6.07, 6.45) is -5.69. The summed E-state index contributed by atoms with van der Waals surface area (Å²) in [5, 5.41) is 0. The second-order valence-electron chi connectivity index (χ2n) is 6.34. The summed E-state index contributed by atoms with van der Waals surface area (Å²) in [5.41, 5.74) is -0.562. The normalized spacial score (nSPS) is 21.1. The van der Waals surface area contributed by atoms with Gasteiger partial charge in [0.25, 0.3) is 10.0 Å². The maximum Gasteiger partial charge on any atom is 0.433 e. The summed E-state index contributed by atoms with van der Waals surface area (Å²) in [4.78, 5) is 15.6. The molecule has 1 aromatic carbocycles. The van der Waals surface area contributed by atoms with Crippen LogP contribution in [0.4, 0.5) is 19.0 Å². The highest BCUT2D eigenvalue weighted by Gasteiger charge is 2.46. The molecule has 1 aromatic heterocycles. The number of benzene rings is 1. The van der Waals surface area contributed by atoms with Crippen molar-refractivity contribution in [2.75, 3.05) is 11.4 Å². The van der Waals surface area contributed by atoms with E-state index < -0.39 is 44.5 Å². The topological polar surface area (TPSA) is 76.6 Å². The molecule has 0 N–H and O–H groups in total. The van der Waals surface area contributed by atoms with Crippen molar-refractivity contribution in [2.24, 2.45) is 0 Å². The zero-order valence-electron chi connectivity index (χ0n) is 14.4. The number of hydrogen-bond acceptors (Lipinski definition) is 5. The number of Topliss-reactive ketones (excluding diaryl/α,β-unsaturated/α-hetero) is 1. The maximum atomic E-state index is 13.0. The van der Waals surface area contributed by atoms with Gasteiger partial charge in [0.05, 0.1) is 12.0 Å². The van der Waals surface area contributed by atoms with Crippen molar-refractivity contribution in [1.29, 1.82) is 0 Å². The van der Waals surface area contributed by atoms with Crippen LogP contribution in [0.5, 0.6) is 0 Å². The molecule has 0 radical (unpaired) electrons. The molecule has 1 atom stereocenters. The highest BCUT2D eigenvalue weighted by Crippen LogP contribution is 2.46. The number of sulfonamides is 1. The van der Waals surface area contributed by atoms with E-state index in [0.717, 1.165) is 19.2 Å². The third-order valence-corrected chi connectivity index (χ3v) is 6.41. The van der Waals surface area contributed by atoms with E-state index in [9.17, 15) is 26.4 Å². The number of hydrogen-bond donors (Lipinski definition) is 0. The van der Waals surface area contributed by atoms with E-state index in [-0.39, 0.29) is 17.7 Å². The van der Waals surface area contributed by atoms with Crippen molar-refractivity contribution >= 4 is 27.4 Å². The van der Waals surface area contributed by atoms with E-state index in [0.29, 0.717) is 9.87 Å². The number of allylic oxidation sites excluding steroid dienone is 1. The van der Waals surface area contributed by atoms with Gasteiger partial charge in [-0.25, -0.2) is 13.4 Å². The Bertz CT molecular complexity index is 1110. The number of aromatic nitrogens is 1. The van der Waals surface area contributed by atoms with Gasteiger partial charge in [-0.3, -0.25) is 9.10 Å². The molecule has 0 saturated heterocycles. The summed E-state index contributed by atoms with van der Waals surface area (Å²) in [7, 11) is -3.33. The Kier molecular flexibility index (Phi) is 4.00. The van der Waals surface area contributed by atoms with Crippen LogP contribution in [0.2, 0.25) is 0 Å². The average Bonchev–Trinajstić information content (AvgIpc) is 2.65. The Labute approximate surface area is 158 Å². The van der Waals surface area contributed by atoms with E-state index in [1.807, 2.05) is 0 Å². The Morgan fingerprint density at radius 3 is 2.46 bits per heavy atom. The fraction of sp³-hybridized carbons (Fsp3) is 0.222. The van der Waals surface area contributed by atoms with Crippen molar-refractivity contribution in [1.82, 2.24) is 4.98 Å². The van der Waals surface area contributed by atoms with Crippen LogP contribution in [0.1, 0.15) is 29.3 Å². The Morgan fingerprint density at radius 2 is 1.82 bits per heavy atom. The van der Waals surface area contributed by atoms with E-state index >= 15 is 0 Å². The molecule has 2 aromatic rings. The second-order valence-corrected chi connectivity index (χ2v) is 8.25. The Balaban J connectivity index is 1.90. The number of alkyl halides is 3. The zero-order valence-corrected chi connectivity index (χ0v) is 15.2. The minimum Gasteiger partial charge on any atom is -0.483 e. The minimum atomic E-state index is -4.75. The van der Waals surface area contributed by atoms with Crippen molar-refractivity contribution in [3.8, 4) is 0 Å². The smallest absolute Gasteiger partial charge is 0.433 e. The third-order valence-electron chi connectivity index (χ3n) is 4.59. The molecule has 0 bridgehead atoms. The minimum absolute atomic E-state index is 0.0225. The first-order valence-electron chi connectivity index (χ1n) is 8.17. The first-order valence-corrected chi connectivity index (χ1v) is 9.61. The number of ether oxygens (including phenoxy) is 1. The summed E-state index contributed by atoms with van der Waals surface area (Å²) < 4.78 is 71.0. The van der Waals surface area contributed by atoms with Gasteiger partial charge in [-0.05, 0) is 17.7 Å². The lowest BCUT2D eigenvalue weighted by molar-refractivity contribution is -0.141. The molecule has 10 heteroatoms. The number of halogens is 3. The van der Waals surface area contributed by atoms with Crippen LogP contribution in [0.15, 0.2) is 47.4 Å². The molecule has 0 amide bonds. The number of carbonyl (C=O) groups excluding carboxylic acids is 1. The van der Waals surface area contributed by atoms with Gasteiger partial charge in [-0.2, -0.15) is 13.2 Å². The number of nitrogens with zero attached hydrogens (tertiary/aromatic N) is 2. The molecular formula is C18H13F3N2O4S. The molecule has 0 fully saturated rings. The lowest BCUT2D eigenvalue weighted by atomic mass is 9.99. The molecule has 4 rings (SSSR count). The number of rotatable bonds is 1. The van der Waals surface area contributed by atoms with Crippen LogP contribution in [0.25, 0.3) is 5.76 Å². The molecule has 1 unspecified atom stereocenters. The van der Waals surface area contributed by atoms with Crippen molar-refractivity contribution in [3.63, 3.8) is 0 Å². The fourth-order valence-electron chi connectivity index (χ4n) is 3.20. The fourth-order valence-corrected chi connectivity index (χ4v) is 4.60. The number of carbonyl (C=O) groups is 1.